The predicted octanol–water partition coefficient (Wildman–Crippen LogP) is 0.771. The molecule has 17 heavy (non-hydrogen) atoms. The molecule has 1 fully saturated rings. The Morgan fingerprint density at radius 1 is 1.35 bits per heavy atom. The van der Waals surface area contributed by atoms with E-state index in [-0.39, 0.29) is 22.8 Å². The Hall–Kier alpha value is -1.01. The van der Waals surface area contributed by atoms with Crippen LogP contribution in [-0.2, 0) is 10.8 Å². The number of nitrogens with zero attached hydrogens (tertiary/aromatic N) is 2. The number of nitrogens with one attached hydrogen (secondary N) is 1. The number of aromatic nitrogens is 2. The smallest absolute Gasteiger partial charge is 0.271 e. The quantitative estimate of drug-likeness (QED) is 0.864. The summed E-state index contributed by atoms with van der Waals surface area (Å²) in [6.45, 7) is 0. The normalized spacial score (nSPS) is 24.3. The van der Waals surface area contributed by atoms with E-state index in [4.69, 9.17) is 11.6 Å². The van der Waals surface area contributed by atoms with Gasteiger partial charge in [0.1, 0.15) is 10.8 Å². The number of amides is 1. The molecule has 1 aliphatic heterocycles. The Labute approximate surface area is 106 Å². The Bertz CT molecular complexity index is 428. The molecule has 1 aromatic heterocycles. The number of hydrogen-bond acceptors (Lipinski definition) is 4. The highest BCUT2D eigenvalue weighted by Gasteiger charge is 2.20. The lowest BCUT2D eigenvalue weighted by molar-refractivity contribution is 0.0929. The third kappa shape index (κ3) is 3.47. The van der Waals surface area contributed by atoms with Gasteiger partial charge in [0.25, 0.3) is 5.91 Å². The summed E-state index contributed by atoms with van der Waals surface area (Å²) in [5, 5.41) is 3.12. The number of rotatable bonds is 2. The van der Waals surface area contributed by atoms with Gasteiger partial charge in [0.05, 0.1) is 12.4 Å². The zero-order chi connectivity index (χ0) is 12.3. The standard InChI is InChI=1S/C10H12ClN3O2S/c11-9-6-12-8(5-13-9)10(15)14-7-1-3-17(16)4-2-7/h5-7H,1-4H2,(H,14,15). The second-order valence-electron chi connectivity index (χ2n) is 3.82. The molecule has 1 amide bonds. The summed E-state index contributed by atoms with van der Waals surface area (Å²) >= 11 is 5.59. The molecule has 1 saturated heterocycles. The lowest BCUT2D eigenvalue weighted by atomic mass is 10.1. The third-order valence-corrected chi connectivity index (χ3v) is 4.15. The third-order valence-electron chi connectivity index (χ3n) is 2.58. The first-order valence-electron chi connectivity index (χ1n) is 5.28. The van der Waals surface area contributed by atoms with Crippen molar-refractivity contribution in [3.05, 3.63) is 23.2 Å². The van der Waals surface area contributed by atoms with Crippen molar-refractivity contribution in [3.8, 4) is 0 Å². The molecular weight excluding hydrogens is 262 g/mol. The molecule has 0 bridgehead atoms. The predicted molar refractivity (Wildman–Crippen MR) is 65.4 cm³/mol. The van der Waals surface area contributed by atoms with Crippen molar-refractivity contribution >= 4 is 28.3 Å². The fraction of sp³-hybridized carbons (Fsp3) is 0.500. The molecule has 0 atom stereocenters. The Morgan fingerprint density at radius 2 is 2.06 bits per heavy atom. The molecule has 0 radical (unpaired) electrons. The van der Waals surface area contributed by atoms with Crippen molar-refractivity contribution in [2.75, 3.05) is 11.5 Å². The van der Waals surface area contributed by atoms with Gasteiger partial charge in [-0.25, -0.2) is 9.97 Å². The van der Waals surface area contributed by atoms with Crippen molar-refractivity contribution in [2.45, 2.75) is 18.9 Å². The largest absolute Gasteiger partial charge is 0.348 e. The van der Waals surface area contributed by atoms with E-state index in [0.29, 0.717) is 11.5 Å². The zero-order valence-electron chi connectivity index (χ0n) is 9.06. The average Bonchev–Trinajstić information content (AvgIpc) is 2.33. The topological polar surface area (TPSA) is 72.0 Å². The van der Waals surface area contributed by atoms with Crippen LogP contribution < -0.4 is 5.32 Å². The molecule has 0 aliphatic carbocycles. The summed E-state index contributed by atoms with van der Waals surface area (Å²) in [6, 6.07) is 0.0812. The van der Waals surface area contributed by atoms with Crippen LogP contribution in [0.25, 0.3) is 0 Å². The maximum Gasteiger partial charge on any atom is 0.271 e. The highest BCUT2D eigenvalue weighted by atomic mass is 35.5. The van der Waals surface area contributed by atoms with E-state index in [1.54, 1.807) is 0 Å². The summed E-state index contributed by atoms with van der Waals surface area (Å²) in [5.41, 5.74) is 0.251. The van der Waals surface area contributed by atoms with Gasteiger partial charge in [-0.3, -0.25) is 9.00 Å². The van der Waals surface area contributed by atoms with Crippen LogP contribution in [0.15, 0.2) is 12.4 Å². The maximum atomic E-state index is 11.8. The molecule has 2 rings (SSSR count). The second-order valence-corrected chi connectivity index (χ2v) is 5.90. The first-order chi connectivity index (χ1) is 8.15. The highest BCUT2D eigenvalue weighted by molar-refractivity contribution is 7.85. The first-order valence-corrected chi connectivity index (χ1v) is 7.15. The number of halogens is 1. The van der Waals surface area contributed by atoms with Gasteiger partial charge in [-0.2, -0.15) is 0 Å². The van der Waals surface area contributed by atoms with Crippen LogP contribution in [0.3, 0.4) is 0 Å². The molecule has 0 unspecified atom stereocenters. The van der Waals surface area contributed by atoms with Crippen LogP contribution in [0, 0.1) is 0 Å². The minimum Gasteiger partial charge on any atom is -0.348 e. The molecule has 5 nitrogen and oxygen atoms in total. The van der Waals surface area contributed by atoms with E-state index >= 15 is 0 Å². The number of hydrogen-bond donors (Lipinski definition) is 1. The van der Waals surface area contributed by atoms with E-state index in [0.717, 1.165) is 12.8 Å². The van der Waals surface area contributed by atoms with Crippen LogP contribution in [-0.4, -0.2) is 37.6 Å². The van der Waals surface area contributed by atoms with Crippen LogP contribution in [0.4, 0.5) is 0 Å². The summed E-state index contributed by atoms with van der Waals surface area (Å²) in [6.07, 6.45) is 4.18. The minimum atomic E-state index is -0.720. The van der Waals surface area contributed by atoms with Crippen LogP contribution in [0.5, 0.6) is 0 Å². The summed E-state index contributed by atoms with van der Waals surface area (Å²) < 4.78 is 11.2. The highest BCUT2D eigenvalue weighted by Crippen LogP contribution is 2.10. The van der Waals surface area contributed by atoms with Gasteiger partial charge >= 0.3 is 0 Å². The van der Waals surface area contributed by atoms with E-state index in [2.05, 4.69) is 15.3 Å². The molecule has 1 N–H and O–H groups in total. The summed E-state index contributed by atoms with van der Waals surface area (Å²) in [5.74, 6) is 1.04. The second kappa shape index (κ2) is 5.55. The molecular formula is C10H12ClN3O2S. The molecule has 1 aliphatic rings. The first kappa shape index (κ1) is 12.4. The van der Waals surface area contributed by atoms with Crippen molar-refractivity contribution in [3.63, 3.8) is 0 Å². The van der Waals surface area contributed by atoms with Gasteiger partial charge in [0.15, 0.2) is 0 Å². The van der Waals surface area contributed by atoms with Gasteiger partial charge in [0.2, 0.25) is 0 Å². The Morgan fingerprint density at radius 3 is 2.65 bits per heavy atom. The van der Waals surface area contributed by atoms with Gasteiger partial charge in [-0.1, -0.05) is 11.6 Å². The van der Waals surface area contributed by atoms with E-state index in [1.165, 1.54) is 12.4 Å². The molecule has 0 spiro atoms. The molecule has 1 aromatic rings. The monoisotopic (exact) mass is 273 g/mol. The Balaban J connectivity index is 1.93. The van der Waals surface area contributed by atoms with Gasteiger partial charge in [-0.15, -0.1) is 0 Å². The van der Waals surface area contributed by atoms with Gasteiger partial charge in [-0.05, 0) is 12.8 Å². The average molecular weight is 274 g/mol. The van der Waals surface area contributed by atoms with E-state index in [1.807, 2.05) is 0 Å². The minimum absolute atomic E-state index is 0.0812. The van der Waals surface area contributed by atoms with Crippen LogP contribution in [0.1, 0.15) is 23.3 Å². The van der Waals surface area contributed by atoms with Gasteiger partial charge < -0.3 is 5.32 Å². The zero-order valence-corrected chi connectivity index (χ0v) is 10.6. The fourth-order valence-corrected chi connectivity index (χ4v) is 3.02. The van der Waals surface area contributed by atoms with Crippen LogP contribution >= 0.6 is 11.6 Å². The van der Waals surface area contributed by atoms with Crippen molar-refractivity contribution in [1.82, 2.24) is 15.3 Å². The van der Waals surface area contributed by atoms with E-state index in [9.17, 15) is 9.00 Å². The van der Waals surface area contributed by atoms with E-state index < -0.39 is 10.8 Å². The molecule has 2 heterocycles. The van der Waals surface area contributed by atoms with Crippen molar-refractivity contribution in [2.24, 2.45) is 0 Å². The summed E-state index contributed by atoms with van der Waals surface area (Å²) in [7, 11) is -0.720. The number of carbonyl (C=O) groups excluding carboxylic acids is 1. The Kier molecular flexibility index (Phi) is 4.06. The van der Waals surface area contributed by atoms with Crippen molar-refractivity contribution < 1.29 is 9.00 Å². The van der Waals surface area contributed by atoms with Crippen molar-refractivity contribution in [1.29, 1.82) is 0 Å². The molecule has 0 aromatic carbocycles. The molecule has 0 saturated carbocycles. The SMILES string of the molecule is O=C(NC1CCS(=O)CC1)c1cnc(Cl)cn1. The maximum absolute atomic E-state index is 11.8. The summed E-state index contributed by atoms with van der Waals surface area (Å²) in [4.78, 5) is 19.5. The number of carbonyl (C=O) groups is 1. The van der Waals surface area contributed by atoms with Crippen LogP contribution in [0.2, 0.25) is 5.15 Å². The van der Waals surface area contributed by atoms with Gasteiger partial charge in [0, 0.05) is 28.3 Å². The molecule has 7 heteroatoms. The lowest BCUT2D eigenvalue weighted by Crippen LogP contribution is -2.39. The fourth-order valence-electron chi connectivity index (χ4n) is 1.63. The molecule has 92 valence electrons. The lowest BCUT2D eigenvalue weighted by Gasteiger charge is -2.22.